The third-order valence-corrected chi connectivity index (χ3v) is 5.21. The van der Waals surface area contributed by atoms with E-state index in [1.165, 1.54) is 6.92 Å². The smallest absolute Gasteiger partial charge is 0.325 e. The summed E-state index contributed by atoms with van der Waals surface area (Å²) in [7, 11) is -2.73. The van der Waals surface area contributed by atoms with Gasteiger partial charge in [-0.15, -0.1) is 0 Å². The van der Waals surface area contributed by atoms with Gasteiger partial charge in [-0.05, 0) is 19.8 Å². The molecule has 0 bridgehead atoms. The number of ether oxygens (including phenoxy) is 1. The number of esters is 1. The van der Waals surface area contributed by atoms with Crippen LogP contribution in [0, 0.1) is 5.92 Å². The molecule has 1 fully saturated rings. The number of carboxylic acids is 1. The van der Waals surface area contributed by atoms with Gasteiger partial charge in [0.25, 0.3) is 0 Å². The zero-order chi connectivity index (χ0) is 13.9. The number of nitrogens with zero attached hydrogens (tertiary/aromatic N) is 1. The minimum absolute atomic E-state index is 0.0843. The number of sulfonamides is 1. The van der Waals surface area contributed by atoms with Gasteiger partial charge in [-0.3, -0.25) is 9.59 Å². The van der Waals surface area contributed by atoms with Gasteiger partial charge in [0.1, 0.15) is 0 Å². The lowest BCUT2D eigenvalue weighted by atomic mass is 10.0. The number of carbonyl (C=O) groups excluding carboxylic acids is 1. The second-order valence-electron chi connectivity index (χ2n) is 4.25. The van der Waals surface area contributed by atoms with Gasteiger partial charge in [0.15, 0.2) is 5.25 Å². The van der Waals surface area contributed by atoms with Crippen LogP contribution in [0.25, 0.3) is 0 Å². The van der Waals surface area contributed by atoms with Crippen molar-refractivity contribution in [2.24, 2.45) is 5.92 Å². The molecule has 1 aliphatic heterocycles. The van der Waals surface area contributed by atoms with Crippen LogP contribution in [0.1, 0.15) is 19.8 Å². The number of aliphatic carboxylic acids is 1. The lowest BCUT2D eigenvalue weighted by molar-refractivity contribution is -0.142. The summed E-state index contributed by atoms with van der Waals surface area (Å²) >= 11 is 0. The van der Waals surface area contributed by atoms with E-state index in [2.05, 4.69) is 4.74 Å². The van der Waals surface area contributed by atoms with Crippen molar-refractivity contribution in [1.29, 1.82) is 0 Å². The fourth-order valence-corrected chi connectivity index (χ4v) is 3.44. The largest absolute Gasteiger partial charge is 0.481 e. The number of methoxy groups -OCH3 is 1. The van der Waals surface area contributed by atoms with Crippen LogP contribution in [-0.4, -0.2) is 55.2 Å². The molecule has 0 aromatic carbocycles. The average Bonchev–Trinajstić information content (AvgIpc) is 2.36. The second kappa shape index (κ2) is 5.66. The van der Waals surface area contributed by atoms with Crippen molar-refractivity contribution in [1.82, 2.24) is 4.31 Å². The van der Waals surface area contributed by atoms with Crippen LogP contribution < -0.4 is 0 Å². The summed E-state index contributed by atoms with van der Waals surface area (Å²) in [6, 6.07) is 0. The van der Waals surface area contributed by atoms with E-state index in [9.17, 15) is 18.0 Å². The number of hydrogen-bond donors (Lipinski definition) is 1. The number of carboxylic acid groups (broad SMARTS) is 1. The normalized spacial score (nSPS) is 23.3. The molecule has 1 heterocycles. The van der Waals surface area contributed by atoms with E-state index in [0.717, 1.165) is 11.4 Å². The molecule has 0 aromatic rings. The molecule has 2 atom stereocenters. The fourth-order valence-electron chi connectivity index (χ4n) is 1.89. The van der Waals surface area contributed by atoms with Crippen LogP contribution in [-0.2, 0) is 24.3 Å². The number of hydrogen-bond acceptors (Lipinski definition) is 5. The first-order chi connectivity index (χ1) is 8.30. The Labute approximate surface area is 106 Å². The van der Waals surface area contributed by atoms with E-state index in [1.54, 1.807) is 0 Å². The summed E-state index contributed by atoms with van der Waals surface area (Å²) in [5.41, 5.74) is 0. The van der Waals surface area contributed by atoms with E-state index < -0.39 is 33.1 Å². The first-order valence-corrected chi connectivity index (χ1v) is 7.10. The van der Waals surface area contributed by atoms with Crippen molar-refractivity contribution >= 4 is 22.0 Å². The quantitative estimate of drug-likeness (QED) is 0.707. The maximum atomic E-state index is 12.1. The molecule has 1 rings (SSSR count). The molecule has 0 aromatic heterocycles. The molecule has 1 unspecified atom stereocenters. The summed E-state index contributed by atoms with van der Waals surface area (Å²) in [6.07, 6.45) is 0.929. The maximum Gasteiger partial charge on any atom is 0.325 e. The molecule has 8 heteroatoms. The topological polar surface area (TPSA) is 101 Å². The Bertz CT molecular complexity index is 432. The maximum absolute atomic E-state index is 12.1. The molecule has 18 heavy (non-hydrogen) atoms. The molecule has 7 nitrogen and oxygen atoms in total. The SMILES string of the molecule is COC(=O)C(C)S(=O)(=O)N1CCC[C@@H](C(=O)O)C1. The van der Waals surface area contributed by atoms with Crippen molar-refractivity contribution in [3.63, 3.8) is 0 Å². The fraction of sp³-hybridized carbons (Fsp3) is 0.800. The molecule has 0 aliphatic carbocycles. The van der Waals surface area contributed by atoms with Crippen molar-refractivity contribution in [3.05, 3.63) is 0 Å². The molecule has 1 saturated heterocycles. The Balaban J connectivity index is 2.85. The Morgan fingerprint density at radius 1 is 1.44 bits per heavy atom. The molecule has 0 amide bonds. The van der Waals surface area contributed by atoms with E-state index in [-0.39, 0.29) is 13.1 Å². The van der Waals surface area contributed by atoms with Crippen LogP contribution >= 0.6 is 0 Å². The van der Waals surface area contributed by atoms with Gasteiger partial charge in [0.05, 0.1) is 13.0 Å². The van der Waals surface area contributed by atoms with Gasteiger partial charge < -0.3 is 9.84 Å². The first kappa shape index (κ1) is 14.9. The highest BCUT2D eigenvalue weighted by Gasteiger charge is 2.38. The highest BCUT2D eigenvalue weighted by molar-refractivity contribution is 7.90. The van der Waals surface area contributed by atoms with E-state index >= 15 is 0 Å². The van der Waals surface area contributed by atoms with Gasteiger partial charge in [0, 0.05) is 13.1 Å². The van der Waals surface area contributed by atoms with Gasteiger partial charge >= 0.3 is 11.9 Å². The van der Waals surface area contributed by atoms with Crippen LogP contribution in [0.15, 0.2) is 0 Å². The molecule has 104 valence electrons. The van der Waals surface area contributed by atoms with Crippen molar-refractivity contribution in [2.75, 3.05) is 20.2 Å². The Morgan fingerprint density at radius 3 is 2.56 bits per heavy atom. The zero-order valence-corrected chi connectivity index (χ0v) is 11.1. The molecular weight excluding hydrogens is 262 g/mol. The zero-order valence-electron chi connectivity index (χ0n) is 10.3. The summed E-state index contributed by atoms with van der Waals surface area (Å²) in [6.45, 7) is 1.40. The lowest BCUT2D eigenvalue weighted by Gasteiger charge is -2.31. The highest BCUT2D eigenvalue weighted by Crippen LogP contribution is 2.21. The van der Waals surface area contributed by atoms with Crippen LogP contribution in [0.2, 0.25) is 0 Å². The van der Waals surface area contributed by atoms with Crippen LogP contribution in [0.4, 0.5) is 0 Å². The van der Waals surface area contributed by atoms with Gasteiger partial charge in [0.2, 0.25) is 10.0 Å². The minimum Gasteiger partial charge on any atom is -0.481 e. The molecule has 1 N–H and O–H groups in total. The van der Waals surface area contributed by atoms with E-state index in [4.69, 9.17) is 5.11 Å². The van der Waals surface area contributed by atoms with E-state index in [1.807, 2.05) is 0 Å². The molecular formula is C10H17NO6S. The molecule has 1 aliphatic rings. The predicted molar refractivity (Wildman–Crippen MR) is 62.3 cm³/mol. The van der Waals surface area contributed by atoms with Crippen molar-refractivity contribution in [3.8, 4) is 0 Å². The molecule has 0 radical (unpaired) electrons. The third kappa shape index (κ3) is 2.99. The third-order valence-electron chi connectivity index (χ3n) is 3.07. The Hall–Kier alpha value is -1.15. The summed E-state index contributed by atoms with van der Waals surface area (Å²) in [5, 5.41) is 7.59. The van der Waals surface area contributed by atoms with Crippen molar-refractivity contribution in [2.45, 2.75) is 25.0 Å². The highest BCUT2D eigenvalue weighted by atomic mass is 32.2. The summed E-state index contributed by atoms with van der Waals surface area (Å²) in [4.78, 5) is 22.1. The molecule has 0 spiro atoms. The van der Waals surface area contributed by atoms with Crippen LogP contribution in [0.5, 0.6) is 0 Å². The standard InChI is InChI=1S/C10H17NO6S/c1-7(10(14)17-2)18(15,16)11-5-3-4-8(6-11)9(12)13/h7-8H,3-6H2,1-2H3,(H,12,13)/t7?,8-/m1/s1. The Morgan fingerprint density at radius 2 is 2.06 bits per heavy atom. The van der Waals surface area contributed by atoms with Gasteiger partial charge in [-0.1, -0.05) is 0 Å². The minimum atomic E-state index is -3.84. The second-order valence-corrected chi connectivity index (χ2v) is 6.50. The Kier molecular flexibility index (Phi) is 4.69. The summed E-state index contributed by atoms with van der Waals surface area (Å²) < 4.78 is 29.6. The summed E-state index contributed by atoms with van der Waals surface area (Å²) in [5.74, 6) is -2.56. The lowest BCUT2D eigenvalue weighted by Crippen LogP contribution is -2.47. The van der Waals surface area contributed by atoms with Crippen molar-refractivity contribution < 1.29 is 27.9 Å². The first-order valence-electron chi connectivity index (χ1n) is 5.60. The number of piperidine rings is 1. The number of carbonyl (C=O) groups is 2. The monoisotopic (exact) mass is 279 g/mol. The average molecular weight is 279 g/mol. The number of rotatable bonds is 4. The van der Waals surface area contributed by atoms with Gasteiger partial charge in [-0.2, -0.15) is 0 Å². The van der Waals surface area contributed by atoms with Gasteiger partial charge in [-0.25, -0.2) is 12.7 Å². The predicted octanol–water partition coefficient (Wildman–Crippen LogP) is -0.326. The van der Waals surface area contributed by atoms with Crippen LogP contribution in [0.3, 0.4) is 0 Å². The van der Waals surface area contributed by atoms with E-state index in [0.29, 0.717) is 12.8 Å². The molecule has 0 saturated carbocycles.